The highest BCUT2D eigenvalue weighted by Gasteiger charge is 2.45. The number of aliphatic hydroxyl groups excluding tert-OH is 1. The van der Waals surface area contributed by atoms with Crippen molar-refractivity contribution in [3.63, 3.8) is 0 Å². The highest BCUT2D eigenvalue weighted by atomic mass is 32.2. The molecule has 2 N–H and O–H groups in total. The molecule has 0 aromatic heterocycles. The zero-order valence-corrected chi connectivity index (χ0v) is 8.33. The van der Waals surface area contributed by atoms with E-state index in [2.05, 4.69) is 5.16 Å². The third-order valence-electron chi connectivity index (χ3n) is 3.12. The molecular formula is C9H15NO2S. The predicted octanol–water partition coefficient (Wildman–Crippen LogP) is 1.34. The topological polar surface area (TPSA) is 52.8 Å². The molecular weight excluding hydrogens is 186 g/mol. The molecule has 0 amide bonds. The summed E-state index contributed by atoms with van der Waals surface area (Å²) in [6, 6.07) is 0. The van der Waals surface area contributed by atoms with Crippen LogP contribution in [0.4, 0.5) is 0 Å². The van der Waals surface area contributed by atoms with E-state index in [0.717, 1.165) is 11.5 Å². The molecule has 13 heavy (non-hydrogen) atoms. The lowest BCUT2D eigenvalue weighted by Gasteiger charge is -2.21. The first-order chi connectivity index (χ1) is 6.36. The Morgan fingerprint density at radius 2 is 2.31 bits per heavy atom. The number of fused-ring (bicyclic) bond motifs is 2. The second-order valence-electron chi connectivity index (χ2n) is 3.81. The van der Waals surface area contributed by atoms with Crippen molar-refractivity contribution in [2.75, 3.05) is 12.4 Å². The molecule has 0 aromatic rings. The van der Waals surface area contributed by atoms with E-state index >= 15 is 0 Å². The van der Waals surface area contributed by atoms with Gasteiger partial charge >= 0.3 is 0 Å². The maximum Gasteiger partial charge on any atom is 0.0734 e. The van der Waals surface area contributed by atoms with Gasteiger partial charge in [0.2, 0.25) is 0 Å². The molecule has 3 unspecified atom stereocenters. The summed E-state index contributed by atoms with van der Waals surface area (Å²) in [6.07, 6.45) is 3.66. The van der Waals surface area contributed by atoms with Gasteiger partial charge in [0.1, 0.15) is 0 Å². The molecule has 4 heteroatoms. The van der Waals surface area contributed by atoms with Crippen LogP contribution in [0.2, 0.25) is 0 Å². The molecule has 74 valence electrons. The number of hydrogen-bond acceptors (Lipinski definition) is 4. The minimum Gasteiger partial charge on any atom is -0.411 e. The Balaban J connectivity index is 2.01. The number of oxime groups is 1. The molecule has 0 spiro atoms. The van der Waals surface area contributed by atoms with Crippen molar-refractivity contribution < 1.29 is 10.3 Å². The summed E-state index contributed by atoms with van der Waals surface area (Å²) in [4.78, 5) is 0. The van der Waals surface area contributed by atoms with Crippen molar-refractivity contribution in [2.24, 2.45) is 17.0 Å². The smallest absolute Gasteiger partial charge is 0.0734 e. The van der Waals surface area contributed by atoms with Gasteiger partial charge in [0.05, 0.1) is 12.3 Å². The van der Waals surface area contributed by atoms with E-state index in [0.29, 0.717) is 17.1 Å². The van der Waals surface area contributed by atoms with Crippen LogP contribution in [-0.4, -0.2) is 33.6 Å². The fraction of sp³-hybridized carbons (Fsp3) is 0.889. The Morgan fingerprint density at radius 1 is 1.46 bits per heavy atom. The summed E-state index contributed by atoms with van der Waals surface area (Å²) in [5, 5.41) is 21.4. The van der Waals surface area contributed by atoms with Crippen LogP contribution in [-0.2, 0) is 0 Å². The standard InChI is InChI=1S/C9H15NO2S/c11-3-4-13-9-7-2-1-6(5-7)8(9)10-12/h6-7,9,11-12H,1-5H2. The summed E-state index contributed by atoms with van der Waals surface area (Å²) < 4.78 is 0. The van der Waals surface area contributed by atoms with E-state index in [9.17, 15) is 0 Å². The average molecular weight is 201 g/mol. The first-order valence-electron chi connectivity index (χ1n) is 4.81. The first kappa shape index (κ1) is 9.34. The number of thioether (sulfide) groups is 1. The van der Waals surface area contributed by atoms with Gasteiger partial charge in [-0.2, -0.15) is 0 Å². The minimum absolute atomic E-state index is 0.220. The molecule has 0 radical (unpaired) electrons. The SMILES string of the molecule is OCCSC1C(=NO)C2CCC1C2. The van der Waals surface area contributed by atoms with Gasteiger partial charge < -0.3 is 10.3 Å². The van der Waals surface area contributed by atoms with Gasteiger partial charge in [0.15, 0.2) is 0 Å². The summed E-state index contributed by atoms with van der Waals surface area (Å²) in [5.41, 5.74) is 0.981. The van der Waals surface area contributed by atoms with Crippen molar-refractivity contribution in [2.45, 2.75) is 24.5 Å². The molecule has 2 aliphatic carbocycles. The largest absolute Gasteiger partial charge is 0.411 e. The van der Waals surface area contributed by atoms with E-state index in [1.807, 2.05) is 0 Å². The fourth-order valence-electron chi connectivity index (χ4n) is 2.57. The Bertz CT molecular complexity index is 220. The van der Waals surface area contributed by atoms with Gasteiger partial charge in [-0.05, 0) is 25.2 Å². The van der Waals surface area contributed by atoms with Crippen LogP contribution >= 0.6 is 11.8 Å². The van der Waals surface area contributed by atoms with Crippen LogP contribution in [0.3, 0.4) is 0 Å². The summed E-state index contributed by atoms with van der Waals surface area (Å²) >= 11 is 1.74. The third-order valence-corrected chi connectivity index (χ3v) is 4.52. The number of hydrogen-bond donors (Lipinski definition) is 2. The van der Waals surface area contributed by atoms with Crippen LogP contribution < -0.4 is 0 Å². The molecule has 0 heterocycles. The van der Waals surface area contributed by atoms with E-state index in [-0.39, 0.29) is 6.61 Å². The van der Waals surface area contributed by atoms with Gasteiger partial charge in [-0.15, -0.1) is 11.8 Å². The Morgan fingerprint density at radius 3 is 3.00 bits per heavy atom. The van der Waals surface area contributed by atoms with Crippen LogP contribution in [0.5, 0.6) is 0 Å². The molecule has 0 aliphatic heterocycles. The molecule has 2 bridgehead atoms. The van der Waals surface area contributed by atoms with E-state index in [4.69, 9.17) is 10.3 Å². The zero-order chi connectivity index (χ0) is 9.26. The van der Waals surface area contributed by atoms with Gasteiger partial charge in [-0.25, -0.2) is 0 Å². The zero-order valence-electron chi connectivity index (χ0n) is 7.52. The molecule has 3 atom stereocenters. The molecule has 2 fully saturated rings. The van der Waals surface area contributed by atoms with Crippen LogP contribution in [0, 0.1) is 11.8 Å². The van der Waals surface area contributed by atoms with Crippen molar-refractivity contribution >= 4 is 17.5 Å². The Labute approximate surface area is 82.2 Å². The highest BCUT2D eigenvalue weighted by Crippen LogP contribution is 2.47. The van der Waals surface area contributed by atoms with Gasteiger partial charge in [-0.1, -0.05) is 5.16 Å². The van der Waals surface area contributed by atoms with Crippen LogP contribution in [0.15, 0.2) is 5.16 Å². The summed E-state index contributed by atoms with van der Waals surface area (Å²) in [7, 11) is 0. The second kappa shape index (κ2) is 3.88. The molecule has 2 rings (SSSR count). The minimum atomic E-state index is 0.220. The van der Waals surface area contributed by atoms with Gasteiger partial charge in [0, 0.05) is 16.9 Å². The number of nitrogens with zero attached hydrogens (tertiary/aromatic N) is 1. The van der Waals surface area contributed by atoms with E-state index < -0.39 is 0 Å². The summed E-state index contributed by atoms with van der Waals surface area (Å²) in [5.74, 6) is 1.99. The maximum absolute atomic E-state index is 8.87. The first-order valence-corrected chi connectivity index (χ1v) is 5.86. The quantitative estimate of drug-likeness (QED) is 0.535. The monoisotopic (exact) mass is 201 g/mol. The average Bonchev–Trinajstić information content (AvgIpc) is 2.73. The molecule has 3 nitrogen and oxygen atoms in total. The third kappa shape index (κ3) is 1.57. The second-order valence-corrected chi connectivity index (χ2v) is 5.06. The Hall–Kier alpha value is -0.220. The lowest BCUT2D eigenvalue weighted by molar-refractivity contribution is 0.313. The lowest BCUT2D eigenvalue weighted by Crippen LogP contribution is -2.25. The molecule has 2 aliphatic rings. The maximum atomic E-state index is 8.87. The highest BCUT2D eigenvalue weighted by molar-refractivity contribution is 8.00. The van der Waals surface area contributed by atoms with Crippen LogP contribution in [0.1, 0.15) is 19.3 Å². The van der Waals surface area contributed by atoms with Crippen molar-refractivity contribution in [1.82, 2.24) is 0 Å². The fourth-order valence-corrected chi connectivity index (χ4v) is 3.86. The molecule has 0 aromatic carbocycles. The normalized spacial score (nSPS) is 40.4. The number of aliphatic hydroxyl groups is 1. The van der Waals surface area contributed by atoms with Gasteiger partial charge in [-0.3, -0.25) is 0 Å². The lowest BCUT2D eigenvalue weighted by atomic mass is 9.98. The molecule has 0 saturated heterocycles. The summed E-state index contributed by atoms with van der Waals surface area (Å²) in [6.45, 7) is 0.220. The van der Waals surface area contributed by atoms with E-state index in [1.54, 1.807) is 11.8 Å². The van der Waals surface area contributed by atoms with Crippen LogP contribution in [0.25, 0.3) is 0 Å². The Kier molecular flexibility index (Phi) is 2.79. The van der Waals surface area contributed by atoms with Gasteiger partial charge in [0.25, 0.3) is 0 Å². The van der Waals surface area contributed by atoms with Crippen molar-refractivity contribution in [3.8, 4) is 0 Å². The number of rotatable bonds is 3. The molecule has 2 saturated carbocycles. The van der Waals surface area contributed by atoms with E-state index in [1.165, 1.54) is 19.3 Å². The predicted molar refractivity (Wildman–Crippen MR) is 53.4 cm³/mol. The van der Waals surface area contributed by atoms with Crippen molar-refractivity contribution in [1.29, 1.82) is 0 Å². The van der Waals surface area contributed by atoms with Crippen molar-refractivity contribution in [3.05, 3.63) is 0 Å².